The van der Waals surface area contributed by atoms with Crippen LogP contribution in [0, 0.1) is 19.8 Å². The summed E-state index contributed by atoms with van der Waals surface area (Å²) in [5.74, 6) is 0.805. The fraction of sp³-hybridized carbons (Fsp3) is 0.351. The number of aryl methyl sites for hydroxylation is 2. The molecule has 26 heteroatoms. The Balaban J connectivity index is 0.000000217. The number of imidazole rings is 2. The molecular formula is C57H72N14O10S2. The summed E-state index contributed by atoms with van der Waals surface area (Å²) < 4.78 is 67.8. The number of hydrogen-bond donors (Lipinski definition) is 9. The molecule has 24 nitrogen and oxygen atoms in total. The number of aldehydes is 1. The van der Waals surface area contributed by atoms with E-state index < -0.39 is 38.0 Å². The van der Waals surface area contributed by atoms with Crippen LogP contribution in [0.1, 0.15) is 131 Å². The predicted molar refractivity (Wildman–Crippen MR) is 322 cm³/mol. The van der Waals surface area contributed by atoms with E-state index in [1.807, 2.05) is 85.3 Å². The zero-order valence-electron chi connectivity index (χ0n) is 48.9. The van der Waals surface area contributed by atoms with Gasteiger partial charge < -0.3 is 34.3 Å². The van der Waals surface area contributed by atoms with Gasteiger partial charge in [-0.2, -0.15) is 0 Å². The van der Waals surface area contributed by atoms with Crippen LogP contribution in [0.2, 0.25) is 0 Å². The first kappa shape index (κ1) is 60.7. The topological polar surface area (TPSA) is 297 Å². The molecule has 83 heavy (non-hydrogen) atoms. The molecule has 6 aromatic rings. The van der Waals surface area contributed by atoms with Crippen LogP contribution in [0.15, 0.2) is 85.5 Å². The van der Waals surface area contributed by atoms with Crippen LogP contribution in [0.4, 0.5) is 34.1 Å². The van der Waals surface area contributed by atoms with Crippen molar-refractivity contribution in [2.45, 2.75) is 85.2 Å². The zero-order chi connectivity index (χ0) is 60.7. The molecule has 9 N–H and O–H groups in total. The third-order valence-electron chi connectivity index (χ3n) is 14.0. The van der Waals surface area contributed by atoms with Crippen LogP contribution >= 0.6 is 0 Å². The normalized spacial score (nSPS) is 14.8. The molecule has 1 aliphatic carbocycles. The Bertz CT molecular complexity index is 3820. The number of hydrazine groups is 4. The third-order valence-corrected chi connectivity index (χ3v) is 15.2. The van der Waals surface area contributed by atoms with E-state index >= 15 is 0 Å². The summed E-state index contributed by atoms with van der Waals surface area (Å²) in [6.07, 6.45) is 11.2. The molecule has 0 bridgehead atoms. The Labute approximate surface area is 483 Å². The van der Waals surface area contributed by atoms with Gasteiger partial charge >= 0.3 is 0 Å². The molecule has 0 saturated heterocycles. The third kappa shape index (κ3) is 13.9. The van der Waals surface area contributed by atoms with Crippen LogP contribution in [0.25, 0.3) is 11.4 Å². The summed E-state index contributed by atoms with van der Waals surface area (Å²) in [6.45, 7) is 15.8. The SMILES string of the molecule is COc1c(NC(=O)c2ccc(C)c(N3C=C(c4cnc(C(O)C5CC5)n4C)NN3)c2)cc(C(C)(C)C)cc1NS(C)(=O)=O.COc1c(NC(=O)c2ccc(C)c(N3C=C(c4cnc(C=O)n4C)NN3)c2)cc(C(C)(C)C)cc1NS(C)(=O)=O. The van der Waals surface area contributed by atoms with E-state index in [-0.39, 0.29) is 39.6 Å². The molecule has 9 rings (SSSR count). The molecule has 4 aromatic carbocycles. The molecule has 1 saturated carbocycles. The van der Waals surface area contributed by atoms with Crippen molar-refractivity contribution in [1.82, 2.24) is 41.0 Å². The lowest BCUT2D eigenvalue weighted by atomic mass is 9.86. The predicted octanol–water partition coefficient (Wildman–Crippen LogP) is 7.23. The molecule has 1 unspecified atom stereocenters. The van der Waals surface area contributed by atoms with E-state index in [0.29, 0.717) is 57.5 Å². The van der Waals surface area contributed by atoms with E-state index in [1.165, 1.54) is 14.2 Å². The lowest BCUT2D eigenvalue weighted by Crippen LogP contribution is -2.36. The first-order chi connectivity index (χ1) is 38.9. The highest BCUT2D eigenvalue weighted by atomic mass is 32.2. The first-order valence-corrected chi connectivity index (χ1v) is 30.1. The number of aliphatic hydroxyl groups is 1. The van der Waals surface area contributed by atoms with Crippen molar-refractivity contribution in [3.8, 4) is 11.5 Å². The largest absolute Gasteiger partial charge is 0.492 e. The fourth-order valence-electron chi connectivity index (χ4n) is 9.21. The van der Waals surface area contributed by atoms with Crippen molar-refractivity contribution in [2.75, 3.05) is 56.8 Å². The number of benzene rings is 4. The summed E-state index contributed by atoms with van der Waals surface area (Å²) in [5, 5.41) is 19.9. The standard InChI is InChI=1S/C30H39N7O5S.C27H33N7O5S/c1-17-8-9-19(29(39)32-21-13-20(30(2,3)4)14-22(27(21)42-6)34-43(7,40)41)12-24(17)37-16-23(33-35-37)25-15-31-28(36(25)5)26(38)18-10-11-18;1-16-8-9-17(10-22(16)34-14-21(30-32-34)23-13-28-24(15-35)33(23)5)26(36)29-19-11-18(27(2,3)4)12-20(25(19)39-6)31-40(7,37)38/h8-9,12-16,18,26,33-35,38H,10-11H2,1-7H3,(H,32,39);8-15,30-32H,1-7H3,(H,29,36). The Morgan fingerprint density at radius 1 is 0.663 bits per heavy atom. The Hall–Kier alpha value is -8.43. The summed E-state index contributed by atoms with van der Waals surface area (Å²) in [4.78, 5) is 46.8. The van der Waals surface area contributed by atoms with Gasteiger partial charge in [-0.25, -0.2) is 26.8 Å². The molecule has 1 atom stereocenters. The highest BCUT2D eigenvalue weighted by Crippen LogP contribution is 2.43. The molecule has 4 heterocycles. The van der Waals surface area contributed by atoms with Gasteiger partial charge in [0.1, 0.15) is 11.9 Å². The number of anilines is 6. The number of ether oxygens (including phenoxy) is 2. The lowest BCUT2D eigenvalue weighted by molar-refractivity contribution is 0.101. The molecular weight excluding hydrogens is 1100 g/mol. The van der Waals surface area contributed by atoms with Crippen LogP contribution in [0.3, 0.4) is 0 Å². The van der Waals surface area contributed by atoms with Crippen molar-refractivity contribution in [2.24, 2.45) is 20.0 Å². The highest BCUT2D eigenvalue weighted by molar-refractivity contribution is 7.92. The molecule has 0 spiro atoms. The van der Waals surface area contributed by atoms with Crippen molar-refractivity contribution in [1.29, 1.82) is 0 Å². The number of aliphatic hydroxyl groups excluding tert-OH is 1. The maximum atomic E-state index is 13.6. The van der Waals surface area contributed by atoms with Gasteiger partial charge in [-0.3, -0.25) is 44.7 Å². The van der Waals surface area contributed by atoms with Crippen LogP contribution in [-0.2, 0) is 45.0 Å². The van der Waals surface area contributed by atoms with Crippen LogP contribution < -0.4 is 61.5 Å². The van der Waals surface area contributed by atoms with Crippen LogP contribution in [0.5, 0.6) is 11.5 Å². The highest BCUT2D eigenvalue weighted by Gasteiger charge is 2.34. The summed E-state index contributed by atoms with van der Waals surface area (Å²) in [5.41, 5.74) is 21.5. The van der Waals surface area contributed by atoms with Gasteiger partial charge in [-0.1, -0.05) is 53.7 Å². The number of amides is 2. The molecule has 2 amide bonds. The summed E-state index contributed by atoms with van der Waals surface area (Å²) >= 11 is 0. The molecule has 3 aliphatic rings. The van der Waals surface area contributed by atoms with E-state index in [9.17, 15) is 36.3 Å². The molecule has 1 fully saturated rings. The number of carbonyl (C=O) groups excluding carboxylic acids is 3. The van der Waals surface area contributed by atoms with Gasteiger partial charge in [0.15, 0.2) is 23.6 Å². The maximum absolute atomic E-state index is 13.6. The number of methoxy groups -OCH3 is 2. The Morgan fingerprint density at radius 3 is 1.45 bits per heavy atom. The van der Waals surface area contributed by atoms with Gasteiger partial charge in [0, 0.05) is 25.2 Å². The number of carbonyl (C=O) groups is 3. The molecule has 442 valence electrons. The van der Waals surface area contributed by atoms with Gasteiger partial charge in [-0.15, -0.1) is 11.1 Å². The Kier molecular flexibility index (Phi) is 17.1. The molecule has 0 radical (unpaired) electrons. The number of nitrogens with one attached hydrogen (secondary N) is 8. The van der Waals surface area contributed by atoms with E-state index in [0.717, 1.165) is 64.7 Å². The second-order valence-corrected chi connectivity index (χ2v) is 26.2. The smallest absolute Gasteiger partial charge is 0.255 e. The monoisotopic (exact) mass is 1180 g/mol. The van der Waals surface area contributed by atoms with Crippen molar-refractivity contribution in [3.63, 3.8) is 0 Å². The quantitative estimate of drug-likeness (QED) is 0.0407. The molecule has 2 aliphatic heterocycles. The fourth-order valence-corrected chi connectivity index (χ4v) is 10.3. The van der Waals surface area contributed by atoms with E-state index in [2.05, 4.69) is 52.0 Å². The number of nitrogens with zero attached hydrogens (tertiary/aromatic N) is 6. The van der Waals surface area contributed by atoms with Gasteiger partial charge in [0.25, 0.3) is 11.8 Å². The minimum absolute atomic E-state index is 0.197. The number of sulfonamides is 2. The summed E-state index contributed by atoms with van der Waals surface area (Å²) in [6, 6.07) is 17.6. The van der Waals surface area contributed by atoms with E-state index in [1.54, 1.807) is 88.8 Å². The van der Waals surface area contributed by atoms with Gasteiger partial charge in [0.05, 0.1) is 108 Å². The average Bonchev–Trinajstić information content (AvgIpc) is 3.93. The Morgan fingerprint density at radius 2 is 1.07 bits per heavy atom. The second kappa shape index (κ2) is 23.4. The second-order valence-electron chi connectivity index (χ2n) is 22.7. The van der Waals surface area contributed by atoms with Crippen LogP contribution in [-0.4, -0.2) is 85.9 Å². The van der Waals surface area contributed by atoms with Gasteiger partial charge in [-0.05, 0) is 114 Å². The number of rotatable bonds is 17. The van der Waals surface area contributed by atoms with Gasteiger partial charge in [0.2, 0.25) is 20.0 Å². The first-order valence-electron chi connectivity index (χ1n) is 26.3. The minimum atomic E-state index is -3.61. The van der Waals surface area contributed by atoms with Crippen molar-refractivity contribution < 1.29 is 45.8 Å². The van der Waals surface area contributed by atoms with Crippen molar-refractivity contribution in [3.05, 3.63) is 142 Å². The van der Waals surface area contributed by atoms with E-state index in [4.69, 9.17) is 9.47 Å². The number of hydrogen-bond acceptors (Lipinski definition) is 18. The number of aromatic nitrogens is 4. The van der Waals surface area contributed by atoms with Crippen molar-refractivity contribution >= 4 is 83.7 Å². The zero-order valence-corrected chi connectivity index (χ0v) is 50.5. The lowest BCUT2D eigenvalue weighted by Gasteiger charge is -2.24. The summed E-state index contributed by atoms with van der Waals surface area (Å²) in [7, 11) is -0.753. The maximum Gasteiger partial charge on any atom is 0.255 e. The average molecular weight is 1180 g/mol. The molecule has 2 aromatic heterocycles. The minimum Gasteiger partial charge on any atom is -0.492 e.